The van der Waals surface area contributed by atoms with Crippen molar-refractivity contribution in [2.24, 2.45) is 5.84 Å². The Morgan fingerprint density at radius 1 is 0.960 bits per heavy atom. The number of rotatable bonds is 3. The van der Waals surface area contributed by atoms with E-state index in [9.17, 15) is 18.3 Å². The van der Waals surface area contributed by atoms with Crippen LogP contribution in [0.25, 0.3) is 10.8 Å². The predicted molar refractivity (Wildman–Crippen MR) is 95.1 cm³/mol. The Bertz CT molecular complexity index is 1000. The largest absolute Gasteiger partial charge is 0.506 e. The summed E-state index contributed by atoms with van der Waals surface area (Å²) in [6.07, 6.45) is 0.759. The number of phenols is 1. The number of carbonyl (C=O) groups is 1. The number of nitrogens with two attached hydrogens (primary N) is 1. The lowest BCUT2D eigenvalue weighted by molar-refractivity contribution is 0.112. The van der Waals surface area contributed by atoms with Gasteiger partial charge in [0.05, 0.1) is 5.69 Å². The number of carbonyl (C=O) groups excluding carboxylic acids is 1. The molecule has 0 aliphatic heterocycles. The third-order valence-corrected chi connectivity index (χ3v) is 4.30. The van der Waals surface area contributed by atoms with Crippen molar-refractivity contribution in [2.75, 3.05) is 5.43 Å². The highest BCUT2D eigenvalue weighted by molar-refractivity contribution is 7.86. The molecule has 0 unspecified atom stereocenters. The summed E-state index contributed by atoms with van der Waals surface area (Å²) < 4.78 is 31.1. The Hall–Kier alpha value is -2.94. The number of phenolic OH excluding ortho intramolecular Hbond substituents is 1. The van der Waals surface area contributed by atoms with E-state index in [2.05, 4.69) is 5.43 Å². The lowest BCUT2D eigenvalue weighted by atomic mass is 10.1. The summed E-state index contributed by atoms with van der Waals surface area (Å²) in [5.74, 6) is 4.67. The molecule has 3 aromatic rings. The van der Waals surface area contributed by atoms with Crippen molar-refractivity contribution in [1.82, 2.24) is 0 Å². The van der Waals surface area contributed by atoms with Crippen LogP contribution in [0.5, 0.6) is 5.75 Å². The van der Waals surface area contributed by atoms with Gasteiger partial charge in [0.2, 0.25) is 0 Å². The number of anilines is 1. The molecule has 130 valence electrons. The fourth-order valence-corrected chi connectivity index (χ4v) is 3.03. The molecule has 0 saturated heterocycles. The van der Waals surface area contributed by atoms with Crippen molar-refractivity contribution in [3.05, 3.63) is 66.2 Å². The van der Waals surface area contributed by atoms with Crippen LogP contribution in [0.3, 0.4) is 0 Å². The van der Waals surface area contributed by atoms with Gasteiger partial charge >= 0.3 is 0 Å². The third-order valence-electron chi connectivity index (χ3n) is 3.36. The van der Waals surface area contributed by atoms with Crippen molar-refractivity contribution in [3.8, 4) is 5.75 Å². The lowest BCUT2D eigenvalue weighted by Crippen LogP contribution is -2.08. The zero-order chi connectivity index (χ0) is 18.4. The maximum atomic E-state index is 11.1. The van der Waals surface area contributed by atoms with E-state index >= 15 is 0 Å². The fourth-order valence-electron chi connectivity index (χ4n) is 2.23. The first-order valence-electron chi connectivity index (χ1n) is 7.07. The Kier molecular flexibility index (Phi) is 5.71. The Morgan fingerprint density at radius 3 is 2.20 bits per heavy atom. The number of nitrogen functional groups attached to an aromatic ring is 1. The number of hydrazine groups is 1. The normalized spacial score (nSPS) is 10.6. The highest BCUT2D eigenvalue weighted by Gasteiger charge is 2.18. The lowest BCUT2D eigenvalue weighted by Gasteiger charge is -2.05. The van der Waals surface area contributed by atoms with Crippen LogP contribution in [0, 0.1) is 0 Å². The van der Waals surface area contributed by atoms with Gasteiger partial charge in [0, 0.05) is 10.9 Å². The second kappa shape index (κ2) is 7.75. The van der Waals surface area contributed by atoms with Crippen molar-refractivity contribution in [2.45, 2.75) is 4.90 Å². The van der Waals surface area contributed by atoms with Crippen LogP contribution in [0.15, 0.2) is 65.6 Å². The van der Waals surface area contributed by atoms with E-state index in [0.29, 0.717) is 22.0 Å². The maximum Gasteiger partial charge on any atom is 0.298 e. The van der Waals surface area contributed by atoms with Gasteiger partial charge in [-0.15, -0.1) is 0 Å². The molecule has 0 bridgehead atoms. The number of hydrogen-bond donors (Lipinski definition) is 4. The Morgan fingerprint density at radius 2 is 1.60 bits per heavy atom. The van der Waals surface area contributed by atoms with Gasteiger partial charge in [0.15, 0.2) is 6.29 Å². The minimum atomic E-state index is -4.41. The van der Waals surface area contributed by atoms with Gasteiger partial charge in [0.1, 0.15) is 10.6 Å². The molecule has 0 aliphatic carbocycles. The molecule has 0 radical (unpaired) electrons. The van der Waals surface area contributed by atoms with Crippen LogP contribution in [0.1, 0.15) is 10.4 Å². The van der Waals surface area contributed by atoms with Gasteiger partial charge in [-0.1, -0.05) is 42.5 Å². The highest BCUT2D eigenvalue weighted by atomic mass is 32.2. The van der Waals surface area contributed by atoms with Crippen LogP contribution in [0.4, 0.5) is 5.69 Å². The number of fused-ring (bicyclic) bond motifs is 1. The summed E-state index contributed by atoms with van der Waals surface area (Å²) in [7, 11) is -4.41. The van der Waals surface area contributed by atoms with Crippen LogP contribution in [-0.4, -0.2) is 24.4 Å². The van der Waals surface area contributed by atoms with Crippen LogP contribution >= 0.6 is 0 Å². The van der Waals surface area contributed by atoms with Gasteiger partial charge < -0.3 is 10.5 Å². The average Bonchev–Trinajstić information content (AvgIpc) is 2.60. The summed E-state index contributed by atoms with van der Waals surface area (Å²) in [4.78, 5) is 9.85. The van der Waals surface area contributed by atoms with E-state index in [1.54, 1.807) is 42.5 Å². The molecule has 0 amide bonds. The van der Waals surface area contributed by atoms with Gasteiger partial charge in [-0.3, -0.25) is 15.2 Å². The van der Waals surface area contributed by atoms with E-state index in [1.807, 2.05) is 6.07 Å². The molecule has 25 heavy (non-hydrogen) atoms. The second-order valence-electron chi connectivity index (χ2n) is 4.96. The molecule has 7 nitrogen and oxygen atoms in total. The zero-order valence-corrected chi connectivity index (χ0v) is 13.8. The smallest absolute Gasteiger partial charge is 0.298 e. The topological polar surface area (TPSA) is 130 Å². The molecule has 0 atom stereocenters. The molecular formula is C17H16N2O5S. The monoisotopic (exact) mass is 360 g/mol. The molecule has 8 heteroatoms. The number of hydrogen-bond acceptors (Lipinski definition) is 6. The van der Waals surface area contributed by atoms with E-state index < -0.39 is 20.8 Å². The number of aromatic hydroxyl groups is 1. The molecule has 0 fully saturated rings. The van der Waals surface area contributed by atoms with Crippen LogP contribution in [0.2, 0.25) is 0 Å². The molecule has 5 N–H and O–H groups in total. The molecule has 0 aliphatic rings. The number of para-hydroxylation sites is 1. The molecule has 3 aromatic carbocycles. The number of nitrogens with one attached hydrogen (secondary N) is 1. The van der Waals surface area contributed by atoms with Crippen molar-refractivity contribution >= 4 is 32.9 Å². The molecule has 0 heterocycles. The molecule has 0 spiro atoms. The number of benzene rings is 3. The molecule has 0 saturated carbocycles. The molecule has 3 rings (SSSR count). The SMILES string of the molecule is NNc1ccccc1C=O.O=S(=O)(O)c1c(O)ccc2ccccc12. The Labute approximate surface area is 144 Å². The number of aldehydes is 1. The first-order valence-corrected chi connectivity index (χ1v) is 8.51. The van der Waals surface area contributed by atoms with Crippen LogP contribution in [-0.2, 0) is 10.1 Å². The summed E-state index contributed by atoms with van der Waals surface area (Å²) >= 11 is 0. The second-order valence-corrected chi connectivity index (χ2v) is 6.32. The summed E-state index contributed by atoms with van der Waals surface area (Å²) in [6, 6.07) is 16.5. The van der Waals surface area contributed by atoms with Crippen molar-refractivity contribution < 1.29 is 22.9 Å². The van der Waals surface area contributed by atoms with Crippen LogP contribution < -0.4 is 11.3 Å². The summed E-state index contributed by atoms with van der Waals surface area (Å²) in [6.45, 7) is 0. The summed E-state index contributed by atoms with van der Waals surface area (Å²) in [5, 5.41) is 10.4. The maximum absolute atomic E-state index is 11.1. The minimum absolute atomic E-state index is 0.306. The molecule has 0 aromatic heterocycles. The quantitative estimate of drug-likeness (QED) is 0.244. The van der Waals surface area contributed by atoms with E-state index in [1.165, 1.54) is 12.1 Å². The van der Waals surface area contributed by atoms with Gasteiger partial charge in [-0.25, -0.2) is 0 Å². The first kappa shape index (κ1) is 18.4. The van der Waals surface area contributed by atoms with Crippen molar-refractivity contribution in [1.29, 1.82) is 0 Å². The van der Waals surface area contributed by atoms with Gasteiger partial charge in [-0.05, 0) is 23.6 Å². The minimum Gasteiger partial charge on any atom is -0.506 e. The summed E-state index contributed by atoms with van der Waals surface area (Å²) in [5.41, 5.74) is 3.64. The molecular weight excluding hydrogens is 344 g/mol. The van der Waals surface area contributed by atoms with E-state index in [0.717, 1.165) is 6.29 Å². The average molecular weight is 360 g/mol. The first-order chi connectivity index (χ1) is 11.9. The van der Waals surface area contributed by atoms with Crippen molar-refractivity contribution in [3.63, 3.8) is 0 Å². The van der Waals surface area contributed by atoms with Gasteiger partial charge in [0.25, 0.3) is 10.1 Å². The fraction of sp³-hybridized carbons (Fsp3) is 0. The third kappa shape index (κ3) is 4.32. The van der Waals surface area contributed by atoms with Gasteiger partial charge in [-0.2, -0.15) is 8.42 Å². The highest BCUT2D eigenvalue weighted by Crippen LogP contribution is 2.30. The van der Waals surface area contributed by atoms with E-state index in [4.69, 9.17) is 10.4 Å². The zero-order valence-electron chi connectivity index (χ0n) is 13.0. The predicted octanol–water partition coefficient (Wildman–Crippen LogP) is 2.58. The Balaban J connectivity index is 0.000000196. The van der Waals surface area contributed by atoms with E-state index in [-0.39, 0.29) is 0 Å². The standard InChI is InChI=1S/C10H8O4S.C7H8N2O/c11-9-6-5-7-3-1-2-4-8(7)10(9)15(12,13)14;8-9-7-4-2-1-3-6(7)5-10/h1-6,11H,(H,12,13,14);1-5,9H,8H2.